The smallest absolute Gasteiger partial charge is 0.254 e. The zero-order valence-electron chi connectivity index (χ0n) is 11.2. The number of nitrogens with one attached hydrogen (secondary N) is 1. The van der Waals surface area contributed by atoms with Crippen LogP contribution < -0.4 is 5.32 Å². The average Bonchev–Trinajstić information content (AvgIpc) is 3.02. The van der Waals surface area contributed by atoms with Crippen LogP contribution in [0.2, 0.25) is 0 Å². The van der Waals surface area contributed by atoms with Gasteiger partial charge in [0.1, 0.15) is 6.61 Å². The van der Waals surface area contributed by atoms with Gasteiger partial charge in [-0.05, 0) is 18.4 Å². The lowest BCUT2D eigenvalue weighted by Crippen LogP contribution is -2.52. The highest BCUT2D eigenvalue weighted by molar-refractivity contribution is 5.86. The zero-order chi connectivity index (χ0) is 13.9. The molecule has 1 aromatic rings. The van der Waals surface area contributed by atoms with Crippen LogP contribution >= 0.6 is 0 Å². The number of rotatable bonds is 2. The summed E-state index contributed by atoms with van der Waals surface area (Å²) in [4.78, 5) is 25.9. The number of likely N-dealkylation sites (tertiary alicyclic amines) is 1. The molecule has 0 spiro atoms. The highest BCUT2D eigenvalue weighted by Gasteiger charge is 2.38. The summed E-state index contributed by atoms with van der Waals surface area (Å²) in [6.07, 6.45) is 1.47. The lowest BCUT2D eigenvalue weighted by molar-refractivity contribution is -0.154. The Balaban J connectivity index is 1.83. The van der Waals surface area contributed by atoms with Crippen molar-refractivity contribution in [2.45, 2.75) is 25.0 Å². The van der Waals surface area contributed by atoms with Crippen LogP contribution in [0.3, 0.4) is 0 Å². The van der Waals surface area contributed by atoms with Gasteiger partial charge < -0.3 is 15.0 Å². The normalized spacial score (nSPS) is 26.4. The first-order valence-corrected chi connectivity index (χ1v) is 7.00. The summed E-state index contributed by atoms with van der Waals surface area (Å²) in [5.41, 5.74) is 0.901. The Hall–Kier alpha value is -1.88. The molecule has 106 valence electrons. The average molecular weight is 274 g/mol. The van der Waals surface area contributed by atoms with Crippen LogP contribution in [-0.2, 0) is 14.3 Å². The van der Waals surface area contributed by atoms with E-state index in [2.05, 4.69) is 5.32 Å². The molecule has 2 amide bonds. The molecule has 1 aromatic carbocycles. The van der Waals surface area contributed by atoms with Gasteiger partial charge in [0.15, 0.2) is 6.10 Å². The van der Waals surface area contributed by atoms with E-state index in [1.807, 2.05) is 35.2 Å². The minimum Gasteiger partial charge on any atom is -0.356 e. The zero-order valence-corrected chi connectivity index (χ0v) is 11.2. The van der Waals surface area contributed by atoms with Gasteiger partial charge in [-0.1, -0.05) is 30.3 Å². The molecule has 0 aliphatic carbocycles. The molecule has 2 aliphatic rings. The third-order valence-corrected chi connectivity index (χ3v) is 3.83. The van der Waals surface area contributed by atoms with E-state index in [1.165, 1.54) is 0 Å². The molecule has 5 nitrogen and oxygen atoms in total. The van der Waals surface area contributed by atoms with Crippen LogP contribution in [0.5, 0.6) is 0 Å². The Kier molecular flexibility index (Phi) is 3.69. The first-order chi connectivity index (χ1) is 9.75. The number of morpholine rings is 1. The minimum atomic E-state index is -0.617. The highest BCUT2D eigenvalue weighted by atomic mass is 16.5. The molecule has 1 N–H and O–H groups in total. The fourth-order valence-electron chi connectivity index (χ4n) is 2.80. The maximum Gasteiger partial charge on any atom is 0.254 e. The van der Waals surface area contributed by atoms with Crippen LogP contribution in [0.25, 0.3) is 0 Å². The van der Waals surface area contributed by atoms with Crippen molar-refractivity contribution in [1.29, 1.82) is 0 Å². The van der Waals surface area contributed by atoms with Crippen molar-refractivity contribution < 1.29 is 14.3 Å². The first kappa shape index (κ1) is 13.1. The number of carbonyl (C=O) groups is 2. The van der Waals surface area contributed by atoms with E-state index in [0.717, 1.165) is 31.5 Å². The summed E-state index contributed by atoms with van der Waals surface area (Å²) >= 11 is 0. The third-order valence-electron chi connectivity index (χ3n) is 3.83. The predicted molar refractivity (Wildman–Crippen MR) is 72.9 cm³/mol. The lowest BCUT2D eigenvalue weighted by Gasteiger charge is -2.34. The molecule has 2 fully saturated rings. The van der Waals surface area contributed by atoms with E-state index < -0.39 is 12.1 Å². The topological polar surface area (TPSA) is 58.6 Å². The second-order valence-corrected chi connectivity index (χ2v) is 5.22. The van der Waals surface area contributed by atoms with Crippen molar-refractivity contribution in [3.05, 3.63) is 35.9 Å². The molecule has 0 saturated carbocycles. The van der Waals surface area contributed by atoms with Crippen molar-refractivity contribution in [2.24, 2.45) is 0 Å². The van der Waals surface area contributed by atoms with Gasteiger partial charge in [-0.2, -0.15) is 0 Å². The van der Waals surface area contributed by atoms with Gasteiger partial charge in [-0.25, -0.2) is 0 Å². The van der Waals surface area contributed by atoms with E-state index in [9.17, 15) is 9.59 Å². The number of nitrogens with zero attached hydrogens (tertiary/aromatic N) is 1. The summed E-state index contributed by atoms with van der Waals surface area (Å²) < 4.78 is 5.53. The number of benzene rings is 1. The molecular weight excluding hydrogens is 256 g/mol. The molecule has 0 radical (unpaired) electrons. The Morgan fingerprint density at radius 1 is 1.20 bits per heavy atom. The molecule has 0 bridgehead atoms. The second kappa shape index (κ2) is 5.63. The van der Waals surface area contributed by atoms with Crippen LogP contribution in [0.15, 0.2) is 30.3 Å². The number of hydrogen-bond donors (Lipinski definition) is 1. The highest BCUT2D eigenvalue weighted by Crippen LogP contribution is 2.25. The summed E-state index contributed by atoms with van der Waals surface area (Å²) in [5, 5.41) is 2.88. The first-order valence-electron chi connectivity index (χ1n) is 7.00. The van der Waals surface area contributed by atoms with Crippen LogP contribution in [0.4, 0.5) is 0 Å². The van der Waals surface area contributed by atoms with Crippen molar-refractivity contribution >= 4 is 11.8 Å². The monoisotopic (exact) mass is 274 g/mol. The van der Waals surface area contributed by atoms with E-state index in [-0.39, 0.29) is 18.4 Å². The maximum atomic E-state index is 12.5. The fraction of sp³-hybridized carbons (Fsp3) is 0.467. The van der Waals surface area contributed by atoms with Gasteiger partial charge in [0.2, 0.25) is 5.91 Å². The van der Waals surface area contributed by atoms with Gasteiger partial charge in [0, 0.05) is 13.1 Å². The van der Waals surface area contributed by atoms with Crippen LogP contribution in [-0.4, -0.2) is 42.5 Å². The van der Waals surface area contributed by atoms with Crippen molar-refractivity contribution in [1.82, 2.24) is 10.2 Å². The third kappa shape index (κ3) is 2.54. The Morgan fingerprint density at radius 3 is 2.60 bits per heavy atom. The maximum absolute atomic E-state index is 12.5. The quantitative estimate of drug-likeness (QED) is 0.870. The van der Waals surface area contributed by atoms with E-state index in [1.54, 1.807) is 0 Å². The van der Waals surface area contributed by atoms with Gasteiger partial charge in [0.05, 0.1) is 6.04 Å². The molecule has 2 saturated heterocycles. The van der Waals surface area contributed by atoms with Gasteiger partial charge in [0.25, 0.3) is 5.91 Å². The van der Waals surface area contributed by atoms with Gasteiger partial charge >= 0.3 is 0 Å². The number of ether oxygens (including phenoxy) is 1. The summed E-state index contributed by atoms with van der Waals surface area (Å²) in [7, 11) is 0. The van der Waals surface area contributed by atoms with Crippen LogP contribution in [0, 0.1) is 0 Å². The Labute approximate surface area is 117 Å². The molecule has 5 heteroatoms. The Bertz CT molecular complexity index is 497. The largest absolute Gasteiger partial charge is 0.356 e. The SMILES string of the molecule is O=C1CO[C@H](C(=O)N2CCCC2)[C@@H](c2ccccc2)N1. The minimum absolute atomic E-state index is 0.0173. The summed E-state index contributed by atoms with van der Waals surface area (Å²) in [6, 6.07) is 9.12. The fourth-order valence-corrected chi connectivity index (χ4v) is 2.80. The van der Waals surface area contributed by atoms with Gasteiger partial charge in [-0.3, -0.25) is 9.59 Å². The van der Waals surface area contributed by atoms with Gasteiger partial charge in [-0.15, -0.1) is 0 Å². The molecule has 0 aromatic heterocycles. The molecular formula is C15H18N2O3. The lowest BCUT2D eigenvalue weighted by atomic mass is 9.99. The molecule has 3 rings (SSSR count). The van der Waals surface area contributed by atoms with Crippen molar-refractivity contribution in [2.75, 3.05) is 19.7 Å². The summed E-state index contributed by atoms with van der Waals surface area (Å²) in [5.74, 6) is -0.194. The van der Waals surface area contributed by atoms with Crippen molar-refractivity contribution in [3.63, 3.8) is 0 Å². The van der Waals surface area contributed by atoms with Crippen LogP contribution in [0.1, 0.15) is 24.4 Å². The molecule has 20 heavy (non-hydrogen) atoms. The summed E-state index contributed by atoms with van der Waals surface area (Å²) in [6.45, 7) is 1.52. The standard InChI is InChI=1S/C15H18N2O3/c18-12-10-20-14(15(19)17-8-4-5-9-17)13(16-12)11-6-2-1-3-7-11/h1-3,6-7,13-14H,4-5,8-10H2,(H,16,18)/t13-,14+/m1/s1. The predicted octanol–water partition coefficient (Wildman–Crippen LogP) is 0.865. The van der Waals surface area contributed by atoms with E-state index >= 15 is 0 Å². The van der Waals surface area contributed by atoms with E-state index in [0.29, 0.717) is 0 Å². The van der Waals surface area contributed by atoms with Crippen molar-refractivity contribution in [3.8, 4) is 0 Å². The molecule has 2 atom stereocenters. The Morgan fingerprint density at radius 2 is 1.90 bits per heavy atom. The second-order valence-electron chi connectivity index (χ2n) is 5.22. The number of carbonyl (C=O) groups excluding carboxylic acids is 2. The number of amides is 2. The molecule has 0 unspecified atom stereocenters. The molecule has 2 heterocycles. The van der Waals surface area contributed by atoms with E-state index in [4.69, 9.17) is 4.74 Å². The number of hydrogen-bond acceptors (Lipinski definition) is 3. The molecule has 2 aliphatic heterocycles.